The van der Waals surface area contributed by atoms with Gasteiger partial charge in [-0.05, 0) is 56.5 Å². The number of halogens is 1. The van der Waals surface area contributed by atoms with Crippen LogP contribution in [0.2, 0.25) is 0 Å². The van der Waals surface area contributed by atoms with E-state index in [0.717, 1.165) is 11.3 Å². The van der Waals surface area contributed by atoms with Gasteiger partial charge < -0.3 is 15.0 Å². The number of rotatable bonds is 10. The molecule has 0 bridgehead atoms. The van der Waals surface area contributed by atoms with Crippen LogP contribution in [0.15, 0.2) is 48.5 Å². The fourth-order valence-corrected chi connectivity index (χ4v) is 4.14. The van der Waals surface area contributed by atoms with Crippen LogP contribution >= 0.6 is 11.8 Å². The van der Waals surface area contributed by atoms with Crippen LogP contribution in [0.25, 0.3) is 0 Å². The summed E-state index contributed by atoms with van der Waals surface area (Å²) in [5.74, 6) is 0.658. The van der Waals surface area contributed by atoms with Crippen LogP contribution in [0.4, 0.5) is 4.39 Å². The summed E-state index contributed by atoms with van der Waals surface area (Å²) in [4.78, 5) is 27.8. The van der Waals surface area contributed by atoms with E-state index in [1.807, 2.05) is 52.0 Å². The van der Waals surface area contributed by atoms with Gasteiger partial charge in [-0.1, -0.05) is 37.3 Å². The second-order valence-corrected chi connectivity index (χ2v) is 9.60. The number of amides is 2. The largest absolute Gasteiger partial charge is 0.497 e. The van der Waals surface area contributed by atoms with Crippen LogP contribution in [0.5, 0.6) is 5.75 Å². The van der Waals surface area contributed by atoms with E-state index in [0.29, 0.717) is 24.3 Å². The van der Waals surface area contributed by atoms with Crippen LogP contribution in [0.3, 0.4) is 0 Å². The Labute approximate surface area is 194 Å². The average molecular weight is 461 g/mol. The van der Waals surface area contributed by atoms with Gasteiger partial charge in [0.15, 0.2) is 0 Å². The fourth-order valence-electron chi connectivity index (χ4n) is 3.25. The Balaban J connectivity index is 2.17. The van der Waals surface area contributed by atoms with E-state index in [2.05, 4.69) is 5.32 Å². The first-order chi connectivity index (χ1) is 15.1. The highest BCUT2D eigenvalue weighted by Gasteiger charge is 2.30. The third kappa shape index (κ3) is 7.86. The first-order valence-electron chi connectivity index (χ1n) is 10.7. The Morgan fingerprint density at radius 1 is 1.12 bits per heavy atom. The predicted octanol–water partition coefficient (Wildman–Crippen LogP) is 4.79. The normalized spacial score (nSPS) is 12.2. The lowest BCUT2D eigenvalue weighted by atomic mass is 10.1. The molecule has 0 aliphatic heterocycles. The fraction of sp³-hybridized carbons (Fsp3) is 0.440. The van der Waals surface area contributed by atoms with Crippen molar-refractivity contribution in [3.05, 3.63) is 65.5 Å². The molecule has 1 N–H and O–H groups in total. The highest BCUT2D eigenvalue weighted by Crippen LogP contribution is 2.20. The number of nitrogens with zero attached hydrogens (tertiary/aromatic N) is 1. The van der Waals surface area contributed by atoms with Gasteiger partial charge in [-0.25, -0.2) is 4.39 Å². The summed E-state index contributed by atoms with van der Waals surface area (Å²) in [6, 6.07) is 13.4. The molecule has 5 nitrogen and oxygen atoms in total. The van der Waals surface area contributed by atoms with Gasteiger partial charge >= 0.3 is 0 Å². The Kier molecular flexibility index (Phi) is 9.57. The summed E-state index contributed by atoms with van der Waals surface area (Å²) in [7, 11) is 1.60. The molecule has 0 aromatic heterocycles. The zero-order valence-corrected chi connectivity index (χ0v) is 20.3. The zero-order valence-electron chi connectivity index (χ0n) is 19.5. The number of ether oxygens (including phenoxy) is 1. The van der Waals surface area contributed by atoms with Crippen molar-refractivity contribution in [2.75, 3.05) is 12.9 Å². The summed E-state index contributed by atoms with van der Waals surface area (Å²) in [5, 5.41) is 2.99. The van der Waals surface area contributed by atoms with E-state index in [4.69, 9.17) is 4.74 Å². The molecular weight excluding hydrogens is 427 g/mol. The van der Waals surface area contributed by atoms with E-state index in [-0.39, 0.29) is 23.4 Å². The number of benzene rings is 2. The summed E-state index contributed by atoms with van der Waals surface area (Å²) in [6.45, 7) is 7.94. The second kappa shape index (κ2) is 11.9. The molecule has 7 heteroatoms. The molecule has 2 amide bonds. The molecule has 32 heavy (non-hydrogen) atoms. The third-order valence-corrected chi connectivity index (χ3v) is 5.80. The highest BCUT2D eigenvalue weighted by atomic mass is 32.2. The summed E-state index contributed by atoms with van der Waals surface area (Å²) >= 11 is 1.34. The number of hydrogen-bond donors (Lipinski definition) is 1. The molecule has 0 saturated carbocycles. The van der Waals surface area contributed by atoms with E-state index in [1.54, 1.807) is 30.2 Å². The van der Waals surface area contributed by atoms with Crippen LogP contribution in [-0.4, -0.2) is 41.2 Å². The van der Waals surface area contributed by atoms with E-state index >= 15 is 0 Å². The molecule has 2 rings (SSSR count). The van der Waals surface area contributed by atoms with Gasteiger partial charge in [0.2, 0.25) is 11.8 Å². The molecule has 0 aliphatic carbocycles. The maximum Gasteiger partial charge on any atom is 0.243 e. The molecule has 0 heterocycles. The van der Waals surface area contributed by atoms with Crippen molar-refractivity contribution in [1.29, 1.82) is 0 Å². The van der Waals surface area contributed by atoms with Crippen LogP contribution in [-0.2, 0) is 21.9 Å². The van der Waals surface area contributed by atoms with Gasteiger partial charge in [-0.2, -0.15) is 0 Å². The van der Waals surface area contributed by atoms with Crippen LogP contribution in [0, 0.1) is 5.82 Å². The Hall–Kier alpha value is -2.54. The van der Waals surface area contributed by atoms with Gasteiger partial charge in [-0.3, -0.25) is 9.59 Å². The minimum absolute atomic E-state index is 0.155. The average Bonchev–Trinajstić information content (AvgIpc) is 2.74. The molecule has 0 unspecified atom stereocenters. The number of methoxy groups -OCH3 is 1. The van der Waals surface area contributed by atoms with Crippen molar-refractivity contribution in [1.82, 2.24) is 10.2 Å². The minimum Gasteiger partial charge on any atom is -0.497 e. The van der Waals surface area contributed by atoms with Crippen molar-refractivity contribution in [3.63, 3.8) is 0 Å². The van der Waals surface area contributed by atoms with Gasteiger partial charge in [-0.15, -0.1) is 11.8 Å². The van der Waals surface area contributed by atoms with E-state index in [1.165, 1.54) is 17.8 Å². The Morgan fingerprint density at radius 2 is 1.78 bits per heavy atom. The smallest absolute Gasteiger partial charge is 0.243 e. The maximum absolute atomic E-state index is 13.9. The maximum atomic E-state index is 13.9. The standard InChI is InChI=1S/C25H33FN2O3S/c1-6-22(24(30)27-25(2,3)4)28(15-18-11-13-20(31-5)14-12-18)23(29)17-32-16-19-9-7-8-10-21(19)26/h7-14,22H,6,15-17H2,1-5H3,(H,27,30)/t22-/m1/s1. The molecule has 0 aliphatic rings. The number of nitrogens with one attached hydrogen (secondary N) is 1. The second-order valence-electron chi connectivity index (χ2n) is 8.62. The molecule has 0 spiro atoms. The van der Waals surface area contributed by atoms with Crippen molar-refractivity contribution in [2.45, 2.75) is 58.0 Å². The van der Waals surface area contributed by atoms with Crippen molar-refractivity contribution in [2.24, 2.45) is 0 Å². The molecule has 0 saturated heterocycles. The SMILES string of the molecule is CC[C@H](C(=O)NC(C)(C)C)N(Cc1ccc(OC)cc1)C(=O)CSCc1ccccc1F. The molecular formula is C25H33FN2O3S. The first-order valence-corrected chi connectivity index (χ1v) is 11.9. The third-order valence-electron chi connectivity index (χ3n) is 4.84. The number of carbonyl (C=O) groups excluding carboxylic acids is 2. The molecule has 174 valence electrons. The predicted molar refractivity (Wildman–Crippen MR) is 128 cm³/mol. The van der Waals surface area contributed by atoms with Gasteiger partial charge in [0.05, 0.1) is 12.9 Å². The Bertz CT molecular complexity index is 897. The highest BCUT2D eigenvalue weighted by molar-refractivity contribution is 7.99. The van der Waals surface area contributed by atoms with Gasteiger partial charge in [0, 0.05) is 17.8 Å². The van der Waals surface area contributed by atoms with E-state index in [9.17, 15) is 14.0 Å². The molecule has 1 atom stereocenters. The first kappa shape index (κ1) is 25.7. The summed E-state index contributed by atoms with van der Waals surface area (Å²) in [6.07, 6.45) is 0.488. The van der Waals surface area contributed by atoms with Crippen LogP contribution in [0.1, 0.15) is 45.2 Å². The van der Waals surface area contributed by atoms with Gasteiger partial charge in [0.1, 0.15) is 17.6 Å². The Morgan fingerprint density at radius 3 is 2.34 bits per heavy atom. The summed E-state index contributed by atoms with van der Waals surface area (Å²) < 4.78 is 19.1. The molecule has 2 aromatic carbocycles. The van der Waals surface area contributed by atoms with Crippen molar-refractivity contribution >= 4 is 23.6 Å². The van der Waals surface area contributed by atoms with Crippen LogP contribution < -0.4 is 10.1 Å². The molecule has 2 aromatic rings. The number of thioether (sulfide) groups is 1. The van der Waals surface area contributed by atoms with Gasteiger partial charge in [0.25, 0.3) is 0 Å². The summed E-state index contributed by atoms with van der Waals surface area (Å²) in [5.41, 5.74) is 1.06. The molecule has 0 fully saturated rings. The zero-order chi connectivity index (χ0) is 23.7. The molecule has 0 radical (unpaired) electrons. The quantitative estimate of drug-likeness (QED) is 0.554. The topological polar surface area (TPSA) is 58.6 Å². The van der Waals surface area contributed by atoms with Crippen molar-refractivity contribution in [3.8, 4) is 5.75 Å². The number of hydrogen-bond acceptors (Lipinski definition) is 4. The lowest BCUT2D eigenvalue weighted by molar-refractivity contribution is -0.140. The lowest BCUT2D eigenvalue weighted by Crippen LogP contribution is -2.53. The monoisotopic (exact) mass is 460 g/mol. The van der Waals surface area contributed by atoms with Crippen molar-refractivity contribution < 1.29 is 18.7 Å². The minimum atomic E-state index is -0.599. The lowest BCUT2D eigenvalue weighted by Gasteiger charge is -2.33. The van der Waals surface area contributed by atoms with E-state index < -0.39 is 11.6 Å². The number of carbonyl (C=O) groups is 2.